The number of para-hydroxylation sites is 2. The summed E-state index contributed by atoms with van der Waals surface area (Å²) in [6, 6.07) is 26.3. The van der Waals surface area contributed by atoms with Gasteiger partial charge in [-0.1, -0.05) is 48.0 Å². The Balaban J connectivity index is 1.70. The zero-order valence-electron chi connectivity index (χ0n) is 17.9. The van der Waals surface area contributed by atoms with Crippen molar-refractivity contribution in [3.05, 3.63) is 113 Å². The predicted octanol–water partition coefficient (Wildman–Crippen LogP) is 6.32. The van der Waals surface area contributed by atoms with Gasteiger partial charge >= 0.3 is 0 Å². The second kappa shape index (κ2) is 8.41. The number of nitrogens with one attached hydrogen (secondary N) is 1. The van der Waals surface area contributed by atoms with Crippen LogP contribution in [0.4, 0.5) is 5.69 Å². The van der Waals surface area contributed by atoms with Crippen LogP contribution in [-0.4, -0.2) is 14.7 Å². The fourth-order valence-electron chi connectivity index (χ4n) is 4.63. The third-order valence-electron chi connectivity index (χ3n) is 6.01. The maximum atomic E-state index is 6.57. The SMILES string of the molecule is Cc1cc([C@H]2[C@@H](c3ccccn3)NC(=S)N2c2ccccc2)c(C)n1-c1ccccc1Cl. The number of aromatic nitrogens is 2. The van der Waals surface area contributed by atoms with Crippen molar-refractivity contribution in [2.24, 2.45) is 0 Å². The van der Waals surface area contributed by atoms with Crippen LogP contribution in [0.25, 0.3) is 5.69 Å². The molecule has 4 aromatic rings. The van der Waals surface area contributed by atoms with Gasteiger partial charge in [0.1, 0.15) is 0 Å². The number of anilines is 1. The predicted molar refractivity (Wildman–Crippen MR) is 135 cm³/mol. The molecule has 2 aromatic heterocycles. The molecule has 0 unspecified atom stereocenters. The lowest BCUT2D eigenvalue weighted by molar-refractivity contribution is 0.565. The molecule has 1 saturated heterocycles. The highest BCUT2D eigenvalue weighted by atomic mass is 35.5. The quantitative estimate of drug-likeness (QED) is 0.363. The van der Waals surface area contributed by atoms with E-state index in [-0.39, 0.29) is 12.1 Å². The van der Waals surface area contributed by atoms with Crippen LogP contribution in [-0.2, 0) is 0 Å². The first-order valence-electron chi connectivity index (χ1n) is 10.6. The summed E-state index contributed by atoms with van der Waals surface area (Å²) in [5.41, 5.74) is 6.43. The summed E-state index contributed by atoms with van der Waals surface area (Å²) < 4.78 is 2.22. The Kier molecular flexibility index (Phi) is 5.45. The smallest absolute Gasteiger partial charge is 0.174 e. The molecule has 1 fully saturated rings. The molecule has 160 valence electrons. The van der Waals surface area contributed by atoms with Gasteiger partial charge in [-0.15, -0.1) is 0 Å². The number of rotatable bonds is 4. The van der Waals surface area contributed by atoms with E-state index in [2.05, 4.69) is 63.9 Å². The molecule has 0 saturated carbocycles. The fraction of sp³-hybridized carbons (Fsp3) is 0.154. The fourth-order valence-corrected chi connectivity index (χ4v) is 5.19. The van der Waals surface area contributed by atoms with E-state index in [0.717, 1.165) is 33.5 Å². The molecule has 1 aliphatic rings. The van der Waals surface area contributed by atoms with Crippen LogP contribution in [0.1, 0.15) is 34.7 Å². The van der Waals surface area contributed by atoms with E-state index in [1.165, 1.54) is 5.56 Å². The number of halogens is 1. The second-order valence-corrected chi connectivity index (χ2v) is 8.74. The zero-order valence-corrected chi connectivity index (χ0v) is 19.4. The topological polar surface area (TPSA) is 33.1 Å². The van der Waals surface area contributed by atoms with E-state index in [1.54, 1.807) is 0 Å². The van der Waals surface area contributed by atoms with Gasteiger partial charge in [0.2, 0.25) is 0 Å². The summed E-state index contributed by atoms with van der Waals surface area (Å²) in [4.78, 5) is 6.86. The van der Waals surface area contributed by atoms with Crippen LogP contribution in [0, 0.1) is 13.8 Å². The molecule has 0 amide bonds. The number of thiocarbonyl (C=S) groups is 1. The minimum atomic E-state index is -0.0795. The number of hydrogen-bond donors (Lipinski definition) is 1. The Hall–Kier alpha value is -3.15. The lowest BCUT2D eigenvalue weighted by Gasteiger charge is -2.28. The highest BCUT2D eigenvalue weighted by Gasteiger charge is 2.42. The van der Waals surface area contributed by atoms with Gasteiger partial charge in [-0.25, -0.2) is 0 Å². The summed E-state index contributed by atoms with van der Waals surface area (Å²) in [5, 5.41) is 4.95. The van der Waals surface area contributed by atoms with Gasteiger partial charge in [0.05, 0.1) is 28.5 Å². The van der Waals surface area contributed by atoms with E-state index in [1.807, 2.05) is 54.7 Å². The molecular weight excluding hydrogens is 436 g/mol. The van der Waals surface area contributed by atoms with E-state index in [4.69, 9.17) is 23.8 Å². The summed E-state index contributed by atoms with van der Waals surface area (Å²) in [7, 11) is 0. The van der Waals surface area contributed by atoms with Crippen LogP contribution in [0.15, 0.2) is 85.1 Å². The zero-order chi connectivity index (χ0) is 22.2. The minimum Gasteiger partial charge on any atom is -0.351 e. The monoisotopic (exact) mass is 458 g/mol. The highest BCUT2D eigenvalue weighted by molar-refractivity contribution is 7.80. The average molecular weight is 459 g/mol. The average Bonchev–Trinajstić information content (AvgIpc) is 3.31. The molecule has 0 spiro atoms. The van der Waals surface area contributed by atoms with Gasteiger partial charge < -0.3 is 14.8 Å². The Morgan fingerprint density at radius 1 is 0.938 bits per heavy atom. The van der Waals surface area contributed by atoms with Crippen molar-refractivity contribution < 1.29 is 0 Å². The standard InChI is InChI=1S/C26H23ClN4S/c1-17-16-20(18(2)30(17)23-14-7-6-12-21(23)27)25-24(22-13-8-9-15-28-22)29-26(32)31(25)19-10-4-3-5-11-19/h3-16,24-25H,1-2H3,(H,29,32)/t24-,25+/m1/s1. The molecule has 1 aliphatic heterocycles. The first kappa shape index (κ1) is 20.7. The van der Waals surface area contributed by atoms with Crippen molar-refractivity contribution in [2.45, 2.75) is 25.9 Å². The number of hydrogen-bond acceptors (Lipinski definition) is 2. The van der Waals surface area contributed by atoms with Crippen LogP contribution in [0.2, 0.25) is 5.02 Å². The molecule has 2 aromatic carbocycles. The lowest BCUT2D eigenvalue weighted by atomic mass is 9.96. The van der Waals surface area contributed by atoms with Crippen molar-refractivity contribution in [3.63, 3.8) is 0 Å². The van der Waals surface area contributed by atoms with Crippen LogP contribution < -0.4 is 10.2 Å². The van der Waals surface area contributed by atoms with Crippen molar-refractivity contribution >= 4 is 34.6 Å². The van der Waals surface area contributed by atoms with Crippen molar-refractivity contribution in [3.8, 4) is 5.69 Å². The third kappa shape index (κ3) is 3.48. The summed E-state index contributed by atoms with van der Waals surface area (Å²) >= 11 is 12.4. The number of pyridine rings is 1. The van der Waals surface area contributed by atoms with Gasteiger partial charge in [-0.05, 0) is 74.1 Å². The van der Waals surface area contributed by atoms with Gasteiger partial charge in [0, 0.05) is 23.3 Å². The van der Waals surface area contributed by atoms with Gasteiger partial charge in [-0.3, -0.25) is 4.98 Å². The first-order valence-corrected chi connectivity index (χ1v) is 11.3. The molecule has 0 bridgehead atoms. The molecule has 6 heteroatoms. The minimum absolute atomic E-state index is 0.0535. The van der Waals surface area contributed by atoms with Crippen molar-refractivity contribution in [1.29, 1.82) is 0 Å². The molecule has 32 heavy (non-hydrogen) atoms. The number of nitrogens with zero attached hydrogens (tertiary/aromatic N) is 3. The molecule has 3 heterocycles. The molecule has 4 nitrogen and oxygen atoms in total. The Labute approximate surface area is 198 Å². The normalized spacial score (nSPS) is 18.1. The van der Waals surface area contributed by atoms with E-state index in [9.17, 15) is 0 Å². The second-order valence-electron chi connectivity index (χ2n) is 7.95. The van der Waals surface area contributed by atoms with Crippen LogP contribution >= 0.6 is 23.8 Å². The van der Waals surface area contributed by atoms with Gasteiger partial charge in [-0.2, -0.15) is 0 Å². The molecule has 1 N–H and O–H groups in total. The van der Waals surface area contributed by atoms with Gasteiger partial charge in [0.25, 0.3) is 0 Å². The van der Waals surface area contributed by atoms with E-state index >= 15 is 0 Å². The Morgan fingerprint density at radius 2 is 1.66 bits per heavy atom. The van der Waals surface area contributed by atoms with E-state index in [0.29, 0.717) is 5.11 Å². The Morgan fingerprint density at radius 3 is 2.38 bits per heavy atom. The number of aryl methyl sites for hydroxylation is 1. The summed E-state index contributed by atoms with van der Waals surface area (Å²) in [6.45, 7) is 4.26. The summed E-state index contributed by atoms with van der Waals surface area (Å²) in [6.07, 6.45) is 1.83. The molecule has 5 rings (SSSR count). The molecule has 0 radical (unpaired) electrons. The van der Waals surface area contributed by atoms with Crippen molar-refractivity contribution in [1.82, 2.24) is 14.9 Å². The molecule has 2 atom stereocenters. The number of benzene rings is 2. The Bertz CT molecular complexity index is 1270. The summed E-state index contributed by atoms with van der Waals surface area (Å²) in [5.74, 6) is 0. The van der Waals surface area contributed by atoms with Crippen molar-refractivity contribution in [2.75, 3.05) is 4.90 Å². The third-order valence-corrected chi connectivity index (χ3v) is 6.65. The maximum Gasteiger partial charge on any atom is 0.174 e. The van der Waals surface area contributed by atoms with E-state index < -0.39 is 0 Å². The highest BCUT2D eigenvalue weighted by Crippen LogP contribution is 2.43. The van der Waals surface area contributed by atoms with Crippen LogP contribution in [0.3, 0.4) is 0 Å². The van der Waals surface area contributed by atoms with Crippen LogP contribution in [0.5, 0.6) is 0 Å². The largest absolute Gasteiger partial charge is 0.351 e. The lowest BCUT2D eigenvalue weighted by Crippen LogP contribution is -2.29. The maximum absolute atomic E-state index is 6.57. The first-order chi connectivity index (χ1) is 15.6. The molecule has 0 aliphatic carbocycles. The van der Waals surface area contributed by atoms with Gasteiger partial charge in [0.15, 0.2) is 5.11 Å². The molecular formula is C26H23ClN4S.